The second-order valence-electron chi connectivity index (χ2n) is 6.01. The van der Waals surface area contributed by atoms with E-state index in [1.807, 2.05) is 37.3 Å². The van der Waals surface area contributed by atoms with Crippen molar-refractivity contribution in [3.8, 4) is 6.07 Å². The van der Waals surface area contributed by atoms with Crippen molar-refractivity contribution in [2.75, 3.05) is 10.6 Å². The summed E-state index contributed by atoms with van der Waals surface area (Å²) in [5, 5.41) is 14.7. The second-order valence-corrected chi connectivity index (χ2v) is 6.01. The highest BCUT2D eigenvalue weighted by atomic mass is 16.2. The topological polar surface area (TPSA) is 94.9 Å². The number of nitriles is 1. The van der Waals surface area contributed by atoms with E-state index in [-0.39, 0.29) is 11.6 Å². The Kier molecular flexibility index (Phi) is 5.78. The molecule has 0 bridgehead atoms. The number of nitrogens with zero attached hydrogens (tertiary/aromatic N) is 2. The summed E-state index contributed by atoms with van der Waals surface area (Å²) in [5.41, 5.74) is 2.91. The molecule has 2 N–H and O–H groups in total. The van der Waals surface area contributed by atoms with Gasteiger partial charge in [-0.15, -0.1) is 0 Å². The number of carbonyl (C=O) groups excluding carboxylic acids is 2. The van der Waals surface area contributed by atoms with Gasteiger partial charge in [-0.1, -0.05) is 37.3 Å². The zero-order valence-corrected chi connectivity index (χ0v) is 15.3. The van der Waals surface area contributed by atoms with Crippen LogP contribution in [-0.4, -0.2) is 16.8 Å². The van der Waals surface area contributed by atoms with Crippen molar-refractivity contribution in [2.24, 2.45) is 0 Å². The Morgan fingerprint density at radius 1 is 0.964 bits per heavy atom. The van der Waals surface area contributed by atoms with Crippen LogP contribution in [0.3, 0.4) is 0 Å². The molecule has 3 rings (SSSR count). The molecule has 138 valence electrons. The lowest BCUT2D eigenvalue weighted by atomic mass is 10.1. The minimum atomic E-state index is -0.494. The quantitative estimate of drug-likeness (QED) is 0.709. The molecular formula is C22H18N4O2. The summed E-state index contributed by atoms with van der Waals surface area (Å²) in [7, 11) is 0. The smallest absolute Gasteiger partial charge is 0.274 e. The normalized spacial score (nSPS) is 10.0. The largest absolute Gasteiger partial charge is 0.322 e. The molecule has 1 aromatic heterocycles. The molecule has 0 aliphatic heterocycles. The first-order valence-corrected chi connectivity index (χ1v) is 8.78. The molecule has 0 radical (unpaired) electrons. The Morgan fingerprint density at radius 3 is 2.39 bits per heavy atom. The number of rotatable bonds is 5. The van der Waals surface area contributed by atoms with Crippen LogP contribution < -0.4 is 10.6 Å². The fourth-order valence-corrected chi connectivity index (χ4v) is 2.72. The molecular weight excluding hydrogens is 352 g/mol. The maximum atomic E-state index is 12.6. The third-order valence-electron chi connectivity index (χ3n) is 4.20. The zero-order chi connectivity index (χ0) is 19.9. The van der Waals surface area contributed by atoms with Crippen LogP contribution >= 0.6 is 0 Å². The highest BCUT2D eigenvalue weighted by Crippen LogP contribution is 2.18. The number of nitrogens with one attached hydrogen (secondary N) is 2. The molecule has 0 unspecified atom stereocenters. The average Bonchev–Trinajstić information content (AvgIpc) is 2.74. The highest BCUT2D eigenvalue weighted by Gasteiger charge is 2.14. The summed E-state index contributed by atoms with van der Waals surface area (Å²) < 4.78 is 0. The summed E-state index contributed by atoms with van der Waals surface area (Å²) in [5.74, 6) is -0.818. The minimum Gasteiger partial charge on any atom is -0.322 e. The van der Waals surface area contributed by atoms with Crippen LogP contribution in [0.2, 0.25) is 0 Å². The van der Waals surface area contributed by atoms with Crippen LogP contribution in [0.1, 0.15) is 38.9 Å². The van der Waals surface area contributed by atoms with Crippen molar-refractivity contribution in [3.05, 3.63) is 89.2 Å². The fourth-order valence-electron chi connectivity index (χ4n) is 2.72. The van der Waals surface area contributed by atoms with E-state index in [2.05, 4.69) is 15.6 Å². The molecule has 0 aliphatic carbocycles. The summed E-state index contributed by atoms with van der Waals surface area (Å²) in [6.07, 6.45) is 2.20. The van der Waals surface area contributed by atoms with Gasteiger partial charge in [0, 0.05) is 17.4 Å². The first-order chi connectivity index (χ1) is 13.6. The van der Waals surface area contributed by atoms with Crippen molar-refractivity contribution in [1.29, 1.82) is 5.26 Å². The molecule has 0 fully saturated rings. The molecule has 2 aromatic carbocycles. The van der Waals surface area contributed by atoms with Gasteiger partial charge in [0.15, 0.2) is 0 Å². The number of para-hydroxylation sites is 2. The number of anilines is 2. The van der Waals surface area contributed by atoms with E-state index in [0.29, 0.717) is 16.8 Å². The third-order valence-corrected chi connectivity index (χ3v) is 4.20. The molecule has 0 aliphatic rings. The number of carbonyl (C=O) groups is 2. The number of aromatic nitrogens is 1. The summed E-state index contributed by atoms with van der Waals surface area (Å²) in [6, 6.07) is 19.2. The van der Waals surface area contributed by atoms with E-state index >= 15 is 0 Å². The Bertz CT molecular complexity index is 1070. The molecule has 0 atom stereocenters. The first-order valence-electron chi connectivity index (χ1n) is 8.78. The molecule has 0 saturated heterocycles. The van der Waals surface area contributed by atoms with Gasteiger partial charge >= 0.3 is 0 Å². The maximum absolute atomic E-state index is 12.6. The molecule has 6 heteroatoms. The molecule has 0 saturated carbocycles. The van der Waals surface area contributed by atoms with Crippen molar-refractivity contribution in [1.82, 2.24) is 4.98 Å². The van der Waals surface area contributed by atoms with Gasteiger partial charge in [0.25, 0.3) is 11.8 Å². The number of amides is 2. The number of pyridine rings is 1. The molecule has 1 heterocycles. The van der Waals surface area contributed by atoms with E-state index < -0.39 is 5.91 Å². The van der Waals surface area contributed by atoms with E-state index in [4.69, 9.17) is 5.26 Å². The number of benzene rings is 2. The predicted octanol–water partition coefficient (Wildman–Crippen LogP) is 4.02. The van der Waals surface area contributed by atoms with Crippen molar-refractivity contribution in [3.63, 3.8) is 0 Å². The van der Waals surface area contributed by atoms with Crippen LogP contribution in [-0.2, 0) is 6.42 Å². The Labute approximate surface area is 162 Å². The highest BCUT2D eigenvalue weighted by molar-refractivity contribution is 6.08. The van der Waals surface area contributed by atoms with E-state index in [0.717, 1.165) is 17.7 Å². The van der Waals surface area contributed by atoms with Gasteiger partial charge in [-0.05, 0) is 42.3 Å². The SMILES string of the molecule is CCc1ccccc1NC(=O)c1ccnc(C(=O)Nc2ccccc2C#N)c1. The van der Waals surface area contributed by atoms with Crippen LogP contribution in [0.5, 0.6) is 0 Å². The van der Waals surface area contributed by atoms with E-state index in [1.54, 1.807) is 30.3 Å². The number of hydrogen-bond acceptors (Lipinski definition) is 4. The maximum Gasteiger partial charge on any atom is 0.274 e. The standard InChI is InChI=1S/C22H18N4O2/c1-2-15-7-3-5-9-18(15)25-21(27)16-11-12-24-20(13-16)22(28)26-19-10-6-4-8-17(19)14-23/h3-13H,2H2,1H3,(H,25,27)(H,26,28). The van der Waals surface area contributed by atoms with Crippen molar-refractivity contribution >= 4 is 23.2 Å². The first kappa shape index (κ1) is 18.8. The molecule has 2 amide bonds. The van der Waals surface area contributed by atoms with Gasteiger partial charge in [0.2, 0.25) is 0 Å². The number of hydrogen-bond donors (Lipinski definition) is 2. The van der Waals surface area contributed by atoms with Crippen LogP contribution in [0.4, 0.5) is 11.4 Å². The molecule has 3 aromatic rings. The average molecular weight is 370 g/mol. The lowest BCUT2D eigenvalue weighted by Gasteiger charge is -2.10. The second kappa shape index (κ2) is 8.60. The van der Waals surface area contributed by atoms with Crippen LogP contribution in [0.25, 0.3) is 0 Å². The van der Waals surface area contributed by atoms with Gasteiger partial charge in [0.1, 0.15) is 11.8 Å². The molecule has 6 nitrogen and oxygen atoms in total. The third kappa shape index (κ3) is 4.22. The van der Waals surface area contributed by atoms with E-state index in [9.17, 15) is 9.59 Å². The van der Waals surface area contributed by atoms with Gasteiger partial charge < -0.3 is 10.6 Å². The zero-order valence-electron chi connectivity index (χ0n) is 15.3. The van der Waals surface area contributed by atoms with Crippen molar-refractivity contribution in [2.45, 2.75) is 13.3 Å². The Hall–Kier alpha value is -3.98. The van der Waals surface area contributed by atoms with Gasteiger partial charge in [0.05, 0.1) is 11.3 Å². The fraction of sp³-hybridized carbons (Fsp3) is 0.0909. The summed E-state index contributed by atoms with van der Waals surface area (Å²) >= 11 is 0. The lowest BCUT2D eigenvalue weighted by molar-refractivity contribution is 0.102. The van der Waals surface area contributed by atoms with Crippen LogP contribution in [0.15, 0.2) is 66.9 Å². The monoisotopic (exact) mass is 370 g/mol. The Balaban J connectivity index is 1.79. The molecule has 28 heavy (non-hydrogen) atoms. The lowest BCUT2D eigenvalue weighted by Crippen LogP contribution is -2.17. The predicted molar refractivity (Wildman–Crippen MR) is 107 cm³/mol. The van der Waals surface area contributed by atoms with E-state index in [1.165, 1.54) is 12.3 Å². The van der Waals surface area contributed by atoms with Crippen LogP contribution in [0, 0.1) is 11.3 Å². The number of aryl methyl sites for hydroxylation is 1. The Morgan fingerprint density at radius 2 is 1.64 bits per heavy atom. The van der Waals surface area contributed by atoms with Gasteiger partial charge in [-0.2, -0.15) is 5.26 Å². The van der Waals surface area contributed by atoms with Gasteiger partial charge in [-0.25, -0.2) is 0 Å². The molecule has 0 spiro atoms. The minimum absolute atomic E-state index is 0.0872. The summed E-state index contributed by atoms with van der Waals surface area (Å²) in [6.45, 7) is 2.01. The van der Waals surface area contributed by atoms with Gasteiger partial charge in [-0.3, -0.25) is 14.6 Å². The van der Waals surface area contributed by atoms with Crippen molar-refractivity contribution < 1.29 is 9.59 Å². The summed E-state index contributed by atoms with van der Waals surface area (Å²) in [4.78, 5) is 29.1.